The van der Waals surface area contributed by atoms with Crippen LogP contribution in [0.25, 0.3) is 0 Å². The van der Waals surface area contributed by atoms with Gasteiger partial charge in [-0.2, -0.15) is 0 Å². The molecule has 0 spiro atoms. The van der Waals surface area contributed by atoms with Crippen molar-refractivity contribution in [2.45, 2.75) is 18.9 Å². The van der Waals surface area contributed by atoms with Crippen molar-refractivity contribution in [2.24, 2.45) is 0 Å². The first-order valence-electron chi connectivity index (χ1n) is 8.89. The smallest absolute Gasteiger partial charge is 0.276 e. The highest BCUT2D eigenvalue weighted by molar-refractivity contribution is 6.31. The minimum Gasteiger partial charge on any atom is -0.337 e. The monoisotopic (exact) mass is 402 g/mol. The summed E-state index contributed by atoms with van der Waals surface area (Å²) in [5, 5.41) is 8.20. The van der Waals surface area contributed by atoms with Gasteiger partial charge in [0.2, 0.25) is 0 Å². The van der Waals surface area contributed by atoms with Gasteiger partial charge < -0.3 is 4.90 Å². The van der Waals surface area contributed by atoms with Gasteiger partial charge in [0.05, 0.1) is 12.7 Å². The zero-order valence-electron chi connectivity index (χ0n) is 14.9. The maximum absolute atomic E-state index is 14.0. The normalized spacial score (nSPS) is 16.5. The summed E-state index contributed by atoms with van der Waals surface area (Å²) in [7, 11) is 0. The molecule has 0 radical (unpaired) electrons. The molecule has 1 atom stereocenters. The number of likely N-dealkylation sites (tertiary alicyclic amines) is 1. The van der Waals surface area contributed by atoms with Crippen LogP contribution >= 0.6 is 11.6 Å². The predicted octanol–water partition coefficient (Wildman–Crippen LogP) is 3.89. The Hall–Kier alpha value is -2.80. The maximum atomic E-state index is 14.0. The van der Waals surface area contributed by atoms with Gasteiger partial charge in [0, 0.05) is 24.0 Å². The second-order valence-electron chi connectivity index (χ2n) is 6.80. The summed E-state index contributed by atoms with van der Waals surface area (Å²) in [6.45, 7) is 1.25. The molecule has 1 aliphatic heterocycles. The largest absolute Gasteiger partial charge is 0.337 e. The number of nitrogens with zero attached hydrogens (tertiary/aromatic N) is 4. The summed E-state index contributed by atoms with van der Waals surface area (Å²) in [6, 6.07) is 10.8. The quantitative estimate of drug-likeness (QED) is 0.665. The van der Waals surface area contributed by atoms with E-state index in [4.69, 9.17) is 11.6 Å². The molecule has 1 aromatic heterocycles. The molecule has 0 N–H and O–H groups in total. The third-order valence-corrected chi connectivity index (χ3v) is 5.28. The lowest BCUT2D eigenvalue weighted by atomic mass is 9.98. The SMILES string of the molecule is O=C(c1cn(Cc2ccc(F)cc2Cl)nn1)N1CC[C@H](c2ccccc2F)C1. The highest BCUT2D eigenvalue weighted by Gasteiger charge is 2.30. The molecule has 8 heteroatoms. The molecule has 0 bridgehead atoms. The fraction of sp³-hybridized carbons (Fsp3) is 0.250. The first-order valence-corrected chi connectivity index (χ1v) is 9.27. The number of rotatable bonds is 4. The molecule has 28 heavy (non-hydrogen) atoms. The fourth-order valence-electron chi connectivity index (χ4n) is 3.46. The van der Waals surface area contributed by atoms with E-state index in [1.165, 1.54) is 22.9 Å². The minimum atomic E-state index is -0.415. The Bertz CT molecular complexity index is 1020. The molecule has 144 valence electrons. The van der Waals surface area contributed by atoms with Crippen molar-refractivity contribution >= 4 is 17.5 Å². The lowest BCUT2D eigenvalue weighted by Crippen LogP contribution is -2.28. The summed E-state index contributed by atoms with van der Waals surface area (Å²) in [5.74, 6) is -0.931. The van der Waals surface area contributed by atoms with E-state index >= 15 is 0 Å². The first-order chi connectivity index (χ1) is 13.5. The lowest BCUT2D eigenvalue weighted by Gasteiger charge is -2.15. The van der Waals surface area contributed by atoms with E-state index in [9.17, 15) is 13.6 Å². The maximum Gasteiger partial charge on any atom is 0.276 e. The average molecular weight is 403 g/mol. The standard InChI is InChI=1S/C20H17ClF2N4O/c21-17-9-15(22)6-5-14(17)11-27-12-19(24-25-27)20(28)26-8-7-13(10-26)16-3-1-2-4-18(16)23/h1-6,9,12-13H,7-8,10-11H2/t13-/m0/s1. The van der Waals surface area contributed by atoms with Gasteiger partial charge in [0.25, 0.3) is 5.91 Å². The summed E-state index contributed by atoms with van der Waals surface area (Å²) >= 11 is 6.03. The first kappa shape index (κ1) is 18.6. The van der Waals surface area contributed by atoms with Crippen molar-refractivity contribution < 1.29 is 13.6 Å². The van der Waals surface area contributed by atoms with Gasteiger partial charge in [-0.3, -0.25) is 4.79 Å². The second kappa shape index (κ2) is 7.67. The summed E-state index contributed by atoms with van der Waals surface area (Å²) in [5.41, 5.74) is 1.52. The van der Waals surface area contributed by atoms with E-state index in [1.54, 1.807) is 35.4 Å². The van der Waals surface area contributed by atoms with Crippen LogP contribution in [0, 0.1) is 11.6 Å². The fourth-order valence-corrected chi connectivity index (χ4v) is 3.69. The van der Waals surface area contributed by atoms with E-state index < -0.39 is 5.82 Å². The Labute approximate surface area is 165 Å². The molecule has 4 rings (SSSR count). The number of carbonyl (C=O) groups excluding carboxylic acids is 1. The van der Waals surface area contributed by atoms with E-state index in [2.05, 4.69) is 10.3 Å². The number of benzene rings is 2. The molecular formula is C20H17ClF2N4O. The number of hydrogen-bond acceptors (Lipinski definition) is 3. The van der Waals surface area contributed by atoms with Crippen LogP contribution in [-0.4, -0.2) is 38.9 Å². The van der Waals surface area contributed by atoms with Crippen molar-refractivity contribution in [3.8, 4) is 0 Å². The van der Waals surface area contributed by atoms with Gasteiger partial charge in [-0.15, -0.1) is 5.10 Å². The summed E-state index contributed by atoms with van der Waals surface area (Å²) in [4.78, 5) is 14.4. The number of halogens is 3. The van der Waals surface area contributed by atoms with Gasteiger partial charge in [0.15, 0.2) is 5.69 Å². The molecule has 1 aliphatic rings. The van der Waals surface area contributed by atoms with Gasteiger partial charge in [-0.25, -0.2) is 13.5 Å². The van der Waals surface area contributed by atoms with Crippen molar-refractivity contribution in [1.29, 1.82) is 0 Å². The van der Waals surface area contributed by atoms with Crippen LogP contribution in [0.4, 0.5) is 8.78 Å². The molecule has 1 saturated heterocycles. The highest BCUT2D eigenvalue weighted by Crippen LogP contribution is 2.29. The van der Waals surface area contributed by atoms with Crippen LogP contribution in [0.3, 0.4) is 0 Å². The van der Waals surface area contributed by atoms with Gasteiger partial charge >= 0.3 is 0 Å². The third kappa shape index (κ3) is 3.75. The molecule has 0 unspecified atom stereocenters. The van der Waals surface area contributed by atoms with Crippen LogP contribution in [0.15, 0.2) is 48.7 Å². The van der Waals surface area contributed by atoms with Crippen LogP contribution < -0.4 is 0 Å². The third-order valence-electron chi connectivity index (χ3n) is 4.93. The zero-order valence-corrected chi connectivity index (χ0v) is 15.6. The number of aromatic nitrogens is 3. The minimum absolute atomic E-state index is 0.0294. The Morgan fingerprint density at radius 2 is 2.04 bits per heavy atom. The Kier molecular flexibility index (Phi) is 5.09. The molecule has 0 aliphatic carbocycles. The van der Waals surface area contributed by atoms with E-state index in [1.807, 2.05) is 0 Å². The van der Waals surface area contributed by atoms with Gasteiger partial charge in [-0.1, -0.05) is 41.1 Å². The lowest BCUT2D eigenvalue weighted by molar-refractivity contribution is 0.0784. The Morgan fingerprint density at radius 1 is 1.21 bits per heavy atom. The average Bonchev–Trinajstić information content (AvgIpc) is 3.34. The van der Waals surface area contributed by atoms with Crippen LogP contribution in [-0.2, 0) is 6.54 Å². The van der Waals surface area contributed by atoms with E-state index in [0.717, 1.165) is 0 Å². The molecule has 1 fully saturated rings. The Morgan fingerprint density at radius 3 is 2.82 bits per heavy atom. The number of hydrogen-bond donors (Lipinski definition) is 0. The van der Waals surface area contributed by atoms with Gasteiger partial charge in [-0.05, 0) is 35.7 Å². The Balaban J connectivity index is 1.44. The van der Waals surface area contributed by atoms with E-state index in [-0.39, 0.29) is 34.9 Å². The van der Waals surface area contributed by atoms with Crippen LogP contribution in [0.5, 0.6) is 0 Å². The molecule has 2 heterocycles. The summed E-state index contributed by atoms with van der Waals surface area (Å²) in [6.07, 6.45) is 2.24. The predicted molar refractivity (Wildman–Crippen MR) is 100 cm³/mol. The van der Waals surface area contributed by atoms with Crippen molar-refractivity contribution in [1.82, 2.24) is 19.9 Å². The molecule has 2 aromatic carbocycles. The molecule has 5 nitrogen and oxygen atoms in total. The number of carbonyl (C=O) groups is 1. The topological polar surface area (TPSA) is 51.0 Å². The van der Waals surface area contributed by atoms with Crippen molar-refractivity contribution in [2.75, 3.05) is 13.1 Å². The highest BCUT2D eigenvalue weighted by atomic mass is 35.5. The second-order valence-corrected chi connectivity index (χ2v) is 7.20. The summed E-state index contributed by atoms with van der Waals surface area (Å²) < 4.78 is 28.6. The van der Waals surface area contributed by atoms with Crippen molar-refractivity contribution in [3.63, 3.8) is 0 Å². The van der Waals surface area contributed by atoms with Crippen LogP contribution in [0.2, 0.25) is 5.02 Å². The van der Waals surface area contributed by atoms with E-state index in [0.29, 0.717) is 30.6 Å². The molecule has 3 aromatic rings. The zero-order chi connectivity index (χ0) is 19.7. The molecule has 1 amide bonds. The van der Waals surface area contributed by atoms with Crippen molar-refractivity contribution in [3.05, 3.63) is 82.1 Å². The number of amides is 1. The van der Waals surface area contributed by atoms with Gasteiger partial charge in [0.1, 0.15) is 11.6 Å². The molecular weight excluding hydrogens is 386 g/mol. The molecule has 0 saturated carbocycles. The van der Waals surface area contributed by atoms with Crippen LogP contribution in [0.1, 0.15) is 34.0 Å².